The van der Waals surface area contributed by atoms with Gasteiger partial charge in [0.2, 0.25) is 0 Å². The molecular weight excluding hydrogens is 292 g/mol. The molecule has 0 amide bonds. The van der Waals surface area contributed by atoms with Gasteiger partial charge in [-0.15, -0.1) is 11.3 Å². The van der Waals surface area contributed by atoms with Crippen LogP contribution in [0, 0.1) is 0 Å². The van der Waals surface area contributed by atoms with Gasteiger partial charge in [0, 0.05) is 6.07 Å². The maximum atomic E-state index is 12.2. The van der Waals surface area contributed by atoms with E-state index in [1.165, 1.54) is 34.4 Å². The molecule has 0 saturated carbocycles. The summed E-state index contributed by atoms with van der Waals surface area (Å²) in [5.41, 5.74) is 0.355. The smallest absolute Gasteiger partial charge is 0.271 e. The van der Waals surface area contributed by atoms with Gasteiger partial charge in [-0.25, -0.2) is 4.98 Å². The number of hydrogen-bond donors (Lipinski definition) is 2. The summed E-state index contributed by atoms with van der Waals surface area (Å²) in [5, 5.41) is 20.6. The SMILES string of the molecule is O=C(Cn1cnc2ccsc2c1=O)c1ccc(O)cc1O. The molecule has 0 atom stereocenters. The number of carbonyl (C=O) groups is 1. The highest BCUT2D eigenvalue weighted by Crippen LogP contribution is 2.23. The number of phenolic OH excluding ortho intramolecular Hbond substituents is 2. The summed E-state index contributed by atoms with van der Waals surface area (Å²) >= 11 is 1.27. The standard InChI is InChI=1S/C14H10N2O4S/c17-8-1-2-9(11(18)5-8)12(19)6-16-7-15-10-3-4-21-13(10)14(16)20/h1-5,7,17-18H,6H2. The Labute approximate surface area is 122 Å². The number of Topliss-reactive ketones (excluding diaryl/α,β-unsaturated/α-hetero) is 1. The fourth-order valence-electron chi connectivity index (χ4n) is 1.99. The van der Waals surface area contributed by atoms with Crippen LogP contribution in [0.25, 0.3) is 10.2 Å². The molecule has 0 bridgehead atoms. The van der Waals surface area contributed by atoms with Gasteiger partial charge in [0.25, 0.3) is 5.56 Å². The summed E-state index contributed by atoms with van der Waals surface area (Å²) in [6, 6.07) is 5.43. The lowest BCUT2D eigenvalue weighted by atomic mass is 10.1. The largest absolute Gasteiger partial charge is 0.508 e. The molecular formula is C14H10N2O4S. The number of thiophene rings is 1. The molecule has 0 saturated heterocycles. The van der Waals surface area contributed by atoms with E-state index >= 15 is 0 Å². The predicted octanol–water partition coefficient (Wildman–Crippen LogP) is 1.75. The van der Waals surface area contributed by atoms with Crippen molar-refractivity contribution in [3.05, 3.63) is 51.9 Å². The Morgan fingerprint density at radius 2 is 2.10 bits per heavy atom. The third kappa shape index (κ3) is 2.38. The van der Waals surface area contributed by atoms with Crippen LogP contribution >= 0.6 is 11.3 Å². The molecule has 6 nitrogen and oxygen atoms in total. The van der Waals surface area contributed by atoms with Crippen LogP contribution in [0.1, 0.15) is 10.4 Å². The van der Waals surface area contributed by atoms with Crippen molar-refractivity contribution in [1.82, 2.24) is 9.55 Å². The Hall–Kier alpha value is -2.67. The van der Waals surface area contributed by atoms with Crippen molar-refractivity contribution in [3.8, 4) is 11.5 Å². The number of aromatic hydroxyl groups is 2. The number of rotatable bonds is 3. The minimum Gasteiger partial charge on any atom is -0.508 e. The number of ketones is 1. The lowest BCUT2D eigenvalue weighted by Crippen LogP contribution is -2.24. The highest BCUT2D eigenvalue weighted by molar-refractivity contribution is 7.17. The summed E-state index contributed by atoms with van der Waals surface area (Å²) in [7, 11) is 0. The molecule has 3 aromatic rings. The fourth-order valence-corrected chi connectivity index (χ4v) is 2.78. The number of aromatic nitrogens is 2. The van der Waals surface area contributed by atoms with Gasteiger partial charge in [0.05, 0.1) is 24.0 Å². The van der Waals surface area contributed by atoms with E-state index in [4.69, 9.17) is 0 Å². The molecule has 0 radical (unpaired) electrons. The first-order valence-corrected chi connectivity index (χ1v) is 6.92. The molecule has 2 N–H and O–H groups in total. The number of hydrogen-bond acceptors (Lipinski definition) is 6. The lowest BCUT2D eigenvalue weighted by Gasteiger charge is -2.06. The van der Waals surface area contributed by atoms with Crippen molar-refractivity contribution < 1.29 is 15.0 Å². The topological polar surface area (TPSA) is 92.4 Å². The van der Waals surface area contributed by atoms with E-state index in [0.29, 0.717) is 10.2 Å². The number of benzene rings is 1. The third-order valence-corrected chi connectivity index (χ3v) is 3.92. The molecule has 0 aliphatic carbocycles. The van der Waals surface area contributed by atoms with Crippen LogP contribution in [0.4, 0.5) is 0 Å². The first kappa shape index (κ1) is 13.3. The van der Waals surface area contributed by atoms with Crippen molar-refractivity contribution in [2.75, 3.05) is 0 Å². The average Bonchev–Trinajstić information content (AvgIpc) is 2.91. The highest BCUT2D eigenvalue weighted by atomic mass is 32.1. The molecule has 0 unspecified atom stereocenters. The highest BCUT2D eigenvalue weighted by Gasteiger charge is 2.14. The molecule has 0 aliphatic rings. The summed E-state index contributed by atoms with van der Waals surface area (Å²) < 4.78 is 1.69. The normalized spacial score (nSPS) is 10.9. The zero-order valence-corrected chi connectivity index (χ0v) is 11.5. The minimum atomic E-state index is -0.438. The Kier molecular flexibility index (Phi) is 3.19. The van der Waals surface area contributed by atoms with Crippen LogP contribution in [0.3, 0.4) is 0 Å². The number of fused-ring (bicyclic) bond motifs is 1. The molecule has 1 aromatic carbocycles. The first-order valence-electron chi connectivity index (χ1n) is 6.04. The van der Waals surface area contributed by atoms with Gasteiger partial charge in [-0.2, -0.15) is 0 Å². The third-order valence-electron chi connectivity index (χ3n) is 3.03. The van der Waals surface area contributed by atoms with Gasteiger partial charge in [-0.1, -0.05) is 0 Å². The quantitative estimate of drug-likeness (QED) is 0.719. The molecule has 21 heavy (non-hydrogen) atoms. The van der Waals surface area contributed by atoms with Crippen LogP contribution in [0.5, 0.6) is 11.5 Å². The molecule has 0 aliphatic heterocycles. The van der Waals surface area contributed by atoms with Crippen molar-refractivity contribution in [3.63, 3.8) is 0 Å². The van der Waals surface area contributed by atoms with E-state index < -0.39 is 5.78 Å². The zero-order chi connectivity index (χ0) is 15.0. The maximum absolute atomic E-state index is 12.2. The van der Waals surface area contributed by atoms with E-state index in [1.807, 2.05) is 0 Å². The minimum absolute atomic E-state index is 0.0472. The van der Waals surface area contributed by atoms with E-state index in [9.17, 15) is 19.8 Å². The summed E-state index contributed by atoms with van der Waals surface area (Å²) in [6.07, 6.45) is 1.31. The molecule has 0 spiro atoms. The van der Waals surface area contributed by atoms with E-state index in [2.05, 4.69) is 4.98 Å². The Morgan fingerprint density at radius 1 is 1.29 bits per heavy atom. The number of carbonyl (C=O) groups excluding carboxylic acids is 1. The van der Waals surface area contributed by atoms with E-state index in [1.54, 1.807) is 11.4 Å². The maximum Gasteiger partial charge on any atom is 0.271 e. The molecule has 106 valence electrons. The van der Waals surface area contributed by atoms with Gasteiger partial charge in [0.15, 0.2) is 5.78 Å². The monoisotopic (exact) mass is 302 g/mol. The molecule has 7 heteroatoms. The van der Waals surface area contributed by atoms with Crippen LogP contribution in [0.15, 0.2) is 40.8 Å². The van der Waals surface area contributed by atoms with Crippen molar-refractivity contribution in [2.24, 2.45) is 0 Å². The van der Waals surface area contributed by atoms with E-state index in [-0.39, 0.29) is 29.2 Å². The number of phenols is 2. The predicted molar refractivity (Wildman–Crippen MR) is 78.0 cm³/mol. The van der Waals surface area contributed by atoms with Crippen LogP contribution in [0.2, 0.25) is 0 Å². The molecule has 2 aromatic heterocycles. The first-order chi connectivity index (χ1) is 10.1. The van der Waals surface area contributed by atoms with Gasteiger partial charge < -0.3 is 10.2 Å². The summed E-state index contributed by atoms with van der Waals surface area (Å²) in [6.45, 7) is -0.224. The second-order valence-corrected chi connectivity index (χ2v) is 5.35. The van der Waals surface area contributed by atoms with Gasteiger partial charge in [-0.3, -0.25) is 14.2 Å². The van der Waals surface area contributed by atoms with Gasteiger partial charge in [0.1, 0.15) is 16.2 Å². The Bertz CT molecular complexity index is 897. The molecule has 2 heterocycles. The Balaban J connectivity index is 1.96. The van der Waals surface area contributed by atoms with Crippen molar-refractivity contribution in [2.45, 2.75) is 6.54 Å². The summed E-state index contributed by atoms with van der Waals surface area (Å²) in [4.78, 5) is 28.4. The average molecular weight is 302 g/mol. The van der Waals surface area contributed by atoms with E-state index in [0.717, 1.165) is 6.07 Å². The molecule has 3 rings (SSSR count). The second-order valence-electron chi connectivity index (χ2n) is 4.44. The van der Waals surface area contributed by atoms with Crippen molar-refractivity contribution >= 4 is 27.3 Å². The van der Waals surface area contributed by atoms with Crippen LogP contribution < -0.4 is 5.56 Å². The number of nitrogens with zero attached hydrogens (tertiary/aromatic N) is 2. The van der Waals surface area contributed by atoms with Crippen LogP contribution in [-0.2, 0) is 6.54 Å². The van der Waals surface area contributed by atoms with Gasteiger partial charge >= 0.3 is 0 Å². The lowest BCUT2D eigenvalue weighted by molar-refractivity contribution is 0.0968. The molecule has 0 fully saturated rings. The van der Waals surface area contributed by atoms with Crippen LogP contribution in [-0.4, -0.2) is 25.5 Å². The zero-order valence-electron chi connectivity index (χ0n) is 10.7. The van der Waals surface area contributed by atoms with Crippen molar-refractivity contribution in [1.29, 1.82) is 0 Å². The second kappa shape index (κ2) is 5.02. The Morgan fingerprint density at radius 3 is 2.86 bits per heavy atom. The van der Waals surface area contributed by atoms with Gasteiger partial charge in [-0.05, 0) is 23.6 Å². The summed E-state index contributed by atoms with van der Waals surface area (Å²) in [5.74, 6) is -0.895. The fraction of sp³-hybridized carbons (Fsp3) is 0.0714.